The Hall–Kier alpha value is -1.32. The second kappa shape index (κ2) is 6.43. The molecule has 1 atom stereocenters. The molecule has 1 heterocycles. The van der Waals surface area contributed by atoms with Crippen molar-refractivity contribution < 1.29 is 22.3 Å². The lowest BCUT2D eigenvalue weighted by atomic mass is 9.83. The van der Waals surface area contributed by atoms with E-state index >= 15 is 0 Å². The largest absolute Gasteiger partial charge is 0.391 e. The normalized spacial score (nSPS) is 20.7. The number of sulfonamides is 1. The maximum Gasteiger partial charge on any atom is 0.256 e. The minimum Gasteiger partial charge on any atom is -0.391 e. The van der Waals surface area contributed by atoms with Crippen LogP contribution in [0.5, 0.6) is 0 Å². The molecule has 1 aliphatic carbocycles. The summed E-state index contributed by atoms with van der Waals surface area (Å²) in [6.45, 7) is -0.282. The summed E-state index contributed by atoms with van der Waals surface area (Å²) in [5.41, 5.74) is -0.557. The summed E-state index contributed by atoms with van der Waals surface area (Å²) < 4.78 is 52.2. The number of rotatable bonds is 5. The van der Waals surface area contributed by atoms with Crippen LogP contribution in [-0.4, -0.2) is 37.1 Å². The highest BCUT2D eigenvalue weighted by Crippen LogP contribution is 2.37. The summed E-state index contributed by atoms with van der Waals surface area (Å²) in [7, 11) is -3.95. The molecule has 0 bridgehead atoms. The van der Waals surface area contributed by atoms with Crippen molar-refractivity contribution in [2.45, 2.75) is 42.7 Å². The molecule has 22 heavy (non-hydrogen) atoms. The summed E-state index contributed by atoms with van der Waals surface area (Å²) in [5.74, 6) is -3.06. The number of hydrogen-bond acceptors (Lipinski definition) is 4. The van der Waals surface area contributed by atoms with E-state index in [1.54, 1.807) is 0 Å². The van der Waals surface area contributed by atoms with Gasteiger partial charge in [0.2, 0.25) is 11.5 Å². The van der Waals surface area contributed by atoms with Gasteiger partial charge in [0.15, 0.2) is 5.03 Å². The van der Waals surface area contributed by atoms with Gasteiger partial charge >= 0.3 is 0 Å². The highest BCUT2D eigenvalue weighted by molar-refractivity contribution is 7.89. The zero-order valence-electron chi connectivity index (χ0n) is 11.8. The Labute approximate surface area is 126 Å². The number of aliphatic hydroxyl groups is 1. The van der Waals surface area contributed by atoms with Crippen LogP contribution in [0, 0.1) is 5.92 Å². The third-order valence-electron chi connectivity index (χ3n) is 3.82. The molecule has 1 saturated carbocycles. The van der Waals surface area contributed by atoms with Gasteiger partial charge in [0.05, 0.1) is 6.10 Å². The Morgan fingerprint density at radius 2 is 2.00 bits per heavy atom. The average Bonchev–Trinajstić information content (AvgIpc) is 2.45. The molecule has 6 nitrogen and oxygen atoms in total. The highest BCUT2D eigenvalue weighted by Gasteiger charge is 2.37. The van der Waals surface area contributed by atoms with Gasteiger partial charge in [0, 0.05) is 25.5 Å². The first-order valence-electron chi connectivity index (χ1n) is 6.94. The second-order valence-corrected chi connectivity index (χ2v) is 7.23. The molecule has 0 spiro atoms. The Morgan fingerprint density at radius 1 is 1.36 bits per heavy atom. The number of alkyl halides is 2. The fraction of sp³-hybridized carbons (Fsp3) is 0.615. The van der Waals surface area contributed by atoms with E-state index in [9.17, 15) is 27.1 Å². The summed E-state index contributed by atoms with van der Waals surface area (Å²) in [5, 5.41) is 9.66. The van der Waals surface area contributed by atoms with Crippen LogP contribution in [0.1, 0.15) is 25.7 Å². The first-order chi connectivity index (χ1) is 10.2. The van der Waals surface area contributed by atoms with Crippen LogP contribution in [0.4, 0.5) is 8.78 Å². The van der Waals surface area contributed by atoms with Crippen molar-refractivity contribution in [2.75, 3.05) is 6.54 Å². The molecule has 124 valence electrons. The lowest BCUT2D eigenvalue weighted by molar-refractivity contribution is -0.0613. The lowest BCUT2D eigenvalue weighted by Crippen LogP contribution is -2.39. The zero-order chi connectivity index (χ0) is 16.4. The van der Waals surface area contributed by atoms with E-state index < -0.39 is 27.6 Å². The van der Waals surface area contributed by atoms with E-state index in [4.69, 9.17) is 0 Å². The van der Waals surface area contributed by atoms with Gasteiger partial charge in [-0.2, -0.15) is 0 Å². The molecular weight excluding hydrogens is 318 g/mol. The Kier molecular flexibility index (Phi) is 4.98. The molecule has 3 N–H and O–H groups in total. The average molecular weight is 336 g/mol. The van der Waals surface area contributed by atoms with Gasteiger partial charge in [-0.05, 0) is 24.8 Å². The van der Waals surface area contributed by atoms with Crippen molar-refractivity contribution in [3.8, 4) is 0 Å². The Bertz CT molecular complexity index is 665. The van der Waals surface area contributed by atoms with E-state index in [1.807, 2.05) is 0 Å². The molecule has 0 aliphatic heterocycles. The first kappa shape index (κ1) is 17.0. The van der Waals surface area contributed by atoms with Gasteiger partial charge in [0.25, 0.3) is 10.0 Å². The number of aliphatic hydroxyl groups excluding tert-OH is 1. The number of H-pyrrole nitrogens is 1. The first-order valence-corrected chi connectivity index (χ1v) is 8.43. The fourth-order valence-corrected chi connectivity index (χ4v) is 3.51. The van der Waals surface area contributed by atoms with Crippen molar-refractivity contribution in [3.05, 3.63) is 28.6 Å². The predicted octanol–water partition coefficient (Wildman–Crippen LogP) is 0.840. The number of halogens is 2. The van der Waals surface area contributed by atoms with Gasteiger partial charge in [0.1, 0.15) is 0 Å². The Morgan fingerprint density at radius 3 is 2.59 bits per heavy atom. The van der Waals surface area contributed by atoms with Crippen LogP contribution in [0.25, 0.3) is 0 Å². The van der Waals surface area contributed by atoms with Crippen molar-refractivity contribution >= 4 is 10.0 Å². The molecule has 2 rings (SSSR count). The molecule has 0 aromatic carbocycles. The molecule has 1 aliphatic rings. The zero-order valence-corrected chi connectivity index (χ0v) is 12.6. The fourth-order valence-electron chi connectivity index (χ4n) is 2.47. The molecule has 9 heteroatoms. The smallest absolute Gasteiger partial charge is 0.256 e. The monoisotopic (exact) mass is 336 g/mol. The second-order valence-electron chi connectivity index (χ2n) is 5.49. The van der Waals surface area contributed by atoms with Crippen LogP contribution in [0.3, 0.4) is 0 Å². The number of aromatic amines is 1. The van der Waals surface area contributed by atoms with E-state index in [-0.39, 0.29) is 43.2 Å². The molecule has 1 fully saturated rings. The van der Waals surface area contributed by atoms with Gasteiger partial charge in [-0.1, -0.05) is 6.07 Å². The van der Waals surface area contributed by atoms with Gasteiger partial charge in [-0.3, -0.25) is 4.79 Å². The lowest BCUT2D eigenvalue weighted by Gasteiger charge is -2.31. The van der Waals surface area contributed by atoms with Crippen LogP contribution in [0.2, 0.25) is 0 Å². The number of pyridine rings is 1. The number of aromatic nitrogens is 1. The molecule has 0 radical (unpaired) electrons. The Balaban J connectivity index is 1.93. The maximum atomic E-state index is 13.0. The third-order valence-corrected chi connectivity index (χ3v) is 5.18. The SMILES string of the molecule is O=c1cccc(S(=O)(=O)NCC(O)C2CCC(F)(F)CC2)[nH]1. The van der Waals surface area contributed by atoms with E-state index in [2.05, 4.69) is 9.71 Å². The van der Waals surface area contributed by atoms with Gasteiger partial charge in [-0.15, -0.1) is 0 Å². The van der Waals surface area contributed by atoms with Crippen LogP contribution in [0.15, 0.2) is 28.0 Å². The minimum absolute atomic E-state index is 0.151. The quantitative estimate of drug-likeness (QED) is 0.742. The van der Waals surface area contributed by atoms with Crippen molar-refractivity contribution in [1.29, 1.82) is 0 Å². The highest BCUT2D eigenvalue weighted by atomic mass is 32.2. The maximum absolute atomic E-state index is 13.0. The summed E-state index contributed by atoms with van der Waals surface area (Å²) in [6, 6.07) is 3.69. The van der Waals surface area contributed by atoms with E-state index in [0.717, 1.165) is 0 Å². The summed E-state index contributed by atoms with van der Waals surface area (Å²) >= 11 is 0. The van der Waals surface area contributed by atoms with Crippen LogP contribution >= 0.6 is 0 Å². The summed E-state index contributed by atoms with van der Waals surface area (Å²) in [4.78, 5) is 13.3. The van der Waals surface area contributed by atoms with Crippen molar-refractivity contribution in [3.63, 3.8) is 0 Å². The predicted molar refractivity (Wildman–Crippen MR) is 75.2 cm³/mol. The molecule has 1 aromatic heterocycles. The molecule has 0 amide bonds. The van der Waals surface area contributed by atoms with Crippen LogP contribution in [-0.2, 0) is 10.0 Å². The van der Waals surface area contributed by atoms with Crippen molar-refractivity contribution in [1.82, 2.24) is 9.71 Å². The topological polar surface area (TPSA) is 99.3 Å². The van der Waals surface area contributed by atoms with Crippen LogP contribution < -0.4 is 10.3 Å². The van der Waals surface area contributed by atoms with Gasteiger partial charge < -0.3 is 10.1 Å². The molecule has 1 aromatic rings. The number of nitrogens with one attached hydrogen (secondary N) is 2. The van der Waals surface area contributed by atoms with E-state index in [1.165, 1.54) is 18.2 Å². The number of hydrogen-bond donors (Lipinski definition) is 3. The summed E-state index contributed by atoms with van der Waals surface area (Å²) in [6.07, 6.45) is -1.34. The van der Waals surface area contributed by atoms with E-state index in [0.29, 0.717) is 0 Å². The standard InChI is InChI=1S/C13H18F2N2O4S/c14-13(15)6-4-9(5-7-13)10(18)8-16-22(20,21)12-3-1-2-11(19)17-12/h1-3,9-10,16,18H,4-8H2,(H,17,19). The van der Waals surface area contributed by atoms with Crippen molar-refractivity contribution in [2.24, 2.45) is 5.92 Å². The minimum atomic E-state index is -3.95. The molecular formula is C13H18F2N2O4S. The third kappa shape index (κ3) is 4.34. The van der Waals surface area contributed by atoms with Gasteiger partial charge in [-0.25, -0.2) is 21.9 Å². The molecule has 0 saturated heterocycles. The molecule has 1 unspecified atom stereocenters.